The molecule has 5 rings (SSSR count). The highest BCUT2D eigenvalue weighted by molar-refractivity contribution is 6.00. The second-order valence-corrected chi connectivity index (χ2v) is 11.2. The summed E-state index contributed by atoms with van der Waals surface area (Å²) in [6.07, 6.45) is 1.59. The predicted molar refractivity (Wildman–Crippen MR) is 175 cm³/mol. The van der Waals surface area contributed by atoms with E-state index in [4.69, 9.17) is 9.47 Å². The van der Waals surface area contributed by atoms with Crippen LogP contribution in [0.5, 0.6) is 11.5 Å². The van der Waals surface area contributed by atoms with Gasteiger partial charge in [0, 0.05) is 35.8 Å². The molecule has 0 N–H and O–H groups in total. The van der Waals surface area contributed by atoms with Gasteiger partial charge in [-0.3, -0.25) is 4.79 Å². The Hall–Kier alpha value is -5.44. The summed E-state index contributed by atoms with van der Waals surface area (Å²) < 4.78 is 84.3. The van der Waals surface area contributed by atoms with Gasteiger partial charge in [-0.05, 0) is 95.4 Å². The molecule has 0 fully saturated rings. The number of carbonyl (C=O) groups is 1. The van der Waals surface area contributed by atoms with Crippen molar-refractivity contribution < 1.29 is 36.2 Å². The lowest BCUT2D eigenvalue weighted by Gasteiger charge is -2.28. The van der Waals surface area contributed by atoms with E-state index in [0.29, 0.717) is 39.9 Å². The van der Waals surface area contributed by atoms with Gasteiger partial charge in [-0.25, -0.2) is 22.0 Å². The van der Waals surface area contributed by atoms with Gasteiger partial charge in [0.05, 0.1) is 20.1 Å². The molecule has 0 heterocycles. The van der Waals surface area contributed by atoms with Crippen molar-refractivity contribution >= 4 is 11.6 Å². The third-order valence-electron chi connectivity index (χ3n) is 8.04. The maximum atomic E-state index is 16.0. The molecule has 4 nitrogen and oxygen atoms in total. The summed E-state index contributed by atoms with van der Waals surface area (Å²) in [5.41, 5.74) is 1.72. The minimum Gasteiger partial charge on any atom is -0.497 e. The smallest absolute Gasteiger partial charge is 0.239 e. The molecular formula is C39H32F5NO3. The van der Waals surface area contributed by atoms with E-state index in [2.05, 4.69) is 6.58 Å². The first-order valence-electron chi connectivity index (χ1n) is 15.0. The summed E-state index contributed by atoms with van der Waals surface area (Å²) in [6.45, 7) is 3.75. The molecule has 0 aliphatic rings. The van der Waals surface area contributed by atoms with Crippen LogP contribution in [-0.4, -0.2) is 26.7 Å². The summed E-state index contributed by atoms with van der Waals surface area (Å²) in [7, 11) is 3.01. The molecule has 1 unspecified atom stereocenters. The van der Waals surface area contributed by atoms with Crippen LogP contribution < -0.4 is 14.4 Å². The lowest BCUT2D eigenvalue weighted by Crippen LogP contribution is -2.36. The number of halogens is 5. The zero-order valence-corrected chi connectivity index (χ0v) is 26.2. The van der Waals surface area contributed by atoms with E-state index in [1.54, 1.807) is 48.5 Å². The summed E-state index contributed by atoms with van der Waals surface area (Å²) in [5.74, 6) is -5.82. The van der Waals surface area contributed by atoms with Gasteiger partial charge in [0.15, 0.2) is 0 Å². The van der Waals surface area contributed by atoms with Crippen LogP contribution in [0.15, 0.2) is 116 Å². The Balaban J connectivity index is 1.68. The number of nitrogens with zero attached hydrogens (tertiary/aromatic N) is 1. The third kappa shape index (κ3) is 7.74. The molecule has 2 atom stereocenters. The van der Waals surface area contributed by atoms with Crippen LogP contribution in [0.4, 0.5) is 27.6 Å². The molecule has 246 valence electrons. The Kier molecular flexibility index (Phi) is 10.6. The standard InChI is InChI=1S/C39H32F5NO3/c1-4-15-45(32-8-12-34(48-3)13-9-32)39(46)38(27-19-30(42)23-31(43)20-27)36-21-26(7-14-37(36)44)35(25-5-10-33(47-2)11-6-25)18-24-16-28(40)22-29(41)17-24/h4-14,16-17,19-23,35,38H,1,15,18H2,2-3H3/t35-,38?/m0/s1. The fraction of sp³-hybridized carbons (Fsp3) is 0.154. The van der Waals surface area contributed by atoms with Crippen LogP contribution in [0.1, 0.15) is 39.7 Å². The number of amides is 1. The highest BCUT2D eigenvalue weighted by Crippen LogP contribution is 2.37. The van der Waals surface area contributed by atoms with Gasteiger partial charge >= 0.3 is 0 Å². The van der Waals surface area contributed by atoms with Crippen molar-refractivity contribution in [2.45, 2.75) is 18.3 Å². The largest absolute Gasteiger partial charge is 0.497 e. The first-order valence-corrected chi connectivity index (χ1v) is 15.0. The molecule has 0 aliphatic heterocycles. The van der Waals surface area contributed by atoms with Crippen molar-refractivity contribution in [1.29, 1.82) is 0 Å². The van der Waals surface area contributed by atoms with E-state index in [1.165, 1.54) is 55.5 Å². The van der Waals surface area contributed by atoms with Gasteiger partial charge in [0.1, 0.15) is 40.6 Å². The Labute approximate surface area is 275 Å². The molecule has 0 aliphatic carbocycles. The number of benzene rings is 5. The summed E-state index contributed by atoms with van der Waals surface area (Å²) in [5, 5.41) is 0. The summed E-state index contributed by atoms with van der Waals surface area (Å²) in [4.78, 5) is 15.8. The van der Waals surface area contributed by atoms with E-state index in [1.807, 2.05) is 0 Å². The van der Waals surface area contributed by atoms with Gasteiger partial charge in [-0.15, -0.1) is 6.58 Å². The van der Waals surface area contributed by atoms with Crippen molar-refractivity contribution in [2.24, 2.45) is 0 Å². The van der Waals surface area contributed by atoms with E-state index in [-0.39, 0.29) is 24.1 Å². The van der Waals surface area contributed by atoms with Crippen molar-refractivity contribution in [1.82, 2.24) is 0 Å². The van der Waals surface area contributed by atoms with E-state index in [9.17, 15) is 22.4 Å². The van der Waals surface area contributed by atoms with E-state index >= 15 is 4.39 Å². The average molecular weight is 658 g/mol. The lowest BCUT2D eigenvalue weighted by molar-refractivity contribution is -0.119. The average Bonchev–Trinajstić information content (AvgIpc) is 3.06. The first-order chi connectivity index (χ1) is 23.1. The monoisotopic (exact) mass is 657 g/mol. The van der Waals surface area contributed by atoms with Gasteiger partial charge in [0.2, 0.25) is 5.91 Å². The van der Waals surface area contributed by atoms with Crippen LogP contribution in [0.25, 0.3) is 0 Å². The molecule has 0 aromatic heterocycles. The van der Waals surface area contributed by atoms with Gasteiger partial charge in [-0.2, -0.15) is 0 Å². The number of anilines is 1. The zero-order chi connectivity index (χ0) is 34.4. The number of ether oxygens (including phenoxy) is 2. The fourth-order valence-corrected chi connectivity index (χ4v) is 5.80. The van der Waals surface area contributed by atoms with Crippen LogP contribution in [-0.2, 0) is 11.2 Å². The fourth-order valence-electron chi connectivity index (χ4n) is 5.80. The van der Waals surface area contributed by atoms with Crippen LogP contribution in [0.2, 0.25) is 0 Å². The number of methoxy groups -OCH3 is 2. The van der Waals surface area contributed by atoms with Crippen LogP contribution >= 0.6 is 0 Å². The molecule has 0 spiro atoms. The minimum absolute atomic E-state index is 0.000375. The van der Waals surface area contributed by atoms with E-state index in [0.717, 1.165) is 18.2 Å². The third-order valence-corrected chi connectivity index (χ3v) is 8.04. The maximum Gasteiger partial charge on any atom is 0.239 e. The van der Waals surface area contributed by atoms with Crippen LogP contribution in [0, 0.1) is 29.1 Å². The topological polar surface area (TPSA) is 38.8 Å². The molecular weight excluding hydrogens is 625 g/mol. The Morgan fingerprint density at radius 1 is 0.688 bits per heavy atom. The van der Waals surface area contributed by atoms with Gasteiger partial charge < -0.3 is 14.4 Å². The summed E-state index contributed by atoms with van der Waals surface area (Å²) in [6, 6.07) is 23.6. The van der Waals surface area contributed by atoms with Gasteiger partial charge in [0.25, 0.3) is 0 Å². The molecule has 0 saturated heterocycles. The van der Waals surface area contributed by atoms with Crippen molar-refractivity contribution in [3.8, 4) is 11.5 Å². The van der Waals surface area contributed by atoms with Crippen LogP contribution in [0.3, 0.4) is 0 Å². The molecule has 1 amide bonds. The number of hydrogen-bond acceptors (Lipinski definition) is 3. The van der Waals surface area contributed by atoms with E-state index < -0.39 is 46.8 Å². The molecule has 0 saturated carbocycles. The Morgan fingerprint density at radius 3 is 1.75 bits per heavy atom. The highest BCUT2D eigenvalue weighted by Gasteiger charge is 2.32. The molecule has 5 aromatic carbocycles. The second kappa shape index (κ2) is 15.0. The zero-order valence-electron chi connectivity index (χ0n) is 26.2. The number of rotatable bonds is 12. The summed E-state index contributed by atoms with van der Waals surface area (Å²) >= 11 is 0. The Morgan fingerprint density at radius 2 is 1.21 bits per heavy atom. The number of carbonyl (C=O) groups excluding carboxylic acids is 1. The molecule has 5 aromatic rings. The normalized spacial score (nSPS) is 12.2. The minimum atomic E-state index is -1.50. The maximum absolute atomic E-state index is 16.0. The second-order valence-electron chi connectivity index (χ2n) is 11.2. The van der Waals surface area contributed by atoms with Crippen molar-refractivity contribution in [3.63, 3.8) is 0 Å². The van der Waals surface area contributed by atoms with Gasteiger partial charge in [-0.1, -0.05) is 30.3 Å². The molecule has 9 heteroatoms. The highest BCUT2D eigenvalue weighted by atomic mass is 19.1. The number of hydrogen-bond donors (Lipinski definition) is 0. The first kappa shape index (κ1) is 33.9. The predicted octanol–water partition coefficient (Wildman–Crippen LogP) is 9.12. The molecule has 48 heavy (non-hydrogen) atoms. The Bertz CT molecular complexity index is 1870. The van der Waals surface area contributed by atoms with Crippen molar-refractivity contribution in [3.05, 3.63) is 173 Å². The molecule has 0 radical (unpaired) electrons. The molecule has 0 bridgehead atoms. The quantitative estimate of drug-likeness (QED) is 0.0993. The lowest BCUT2D eigenvalue weighted by atomic mass is 9.82. The van der Waals surface area contributed by atoms with Crippen molar-refractivity contribution in [2.75, 3.05) is 25.7 Å². The SMILES string of the molecule is C=CCN(C(=O)C(c1cc(F)cc(F)c1)c1cc([C@@H](Cc2cc(F)cc(F)c2)c2ccc(OC)cc2)ccc1F)c1ccc(OC)cc1.